The van der Waals surface area contributed by atoms with Gasteiger partial charge in [-0.05, 0) is 29.7 Å². The fourth-order valence-corrected chi connectivity index (χ4v) is 3.50. The normalized spacial score (nSPS) is 11.0. The van der Waals surface area contributed by atoms with E-state index < -0.39 is 11.6 Å². The minimum Gasteiger partial charge on any atom is -0.390 e. The van der Waals surface area contributed by atoms with Gasteiger partial charge in [-0.25, -0.2) is 13.8 Å². The van der Waals surface area contributed by atoms with Gasteiger partial charge in [-0.1, -0.05) is 48.2 Å². The molecule has 0 saturated carbocycles. The van der Waals surface area contributed by atoms with E-state index in [9.17, 15) is 13.9 Å². The Labute approximate surface area is 149 Å². The summed E-state index contributed by atoms with van der Waals surface area (Å²) >= 11 is 1.44. The summed E-state index contributed by atoms with van der Waals surface area (Å²) in [5.41, 5.74) is 2.63. The molecule has 0 saturated heterocycles. The first-order valence-electron chi connectivity index (χ1n) is 7.93. The first-order valence-corrected chi connectivity index (χ1v) is 8.92. The average Bonchev–Trinajstić information content (AvgIpc) is 3.03. The molecule has 3 rings (SSSR count). The fraction of sp³-hybridized carbons (Fsp3) is 0.211. The minimum absolute atomic E-state index is 0.0898. The summed E-state index contributed by atoms with van der Waals surface area (Å²) in [5.74, 6) is -1.22. The zero-order valence-corrected chi connectivity index (χ0v) is 14.3. The molecule has 0 amide bonds. The maximum absolute atomic E-state index is 13.3. The second-order valence-corrected chi connectivity index (χ2v) is 6.56. The van der Waals surface area contributed by atoms with Crippen LogP contribution in [0.15, 0.2) is 59.9 Å². The Bertz CT molecular complexity index is 837. The van der Waals surface area contributed by atoms with Crippen molar-refractivity contribution in [2.75, 3.05) is 0 Å². The van der Waals surface area contributed by atoms with E-state index >= 15 is 0 Å². The smallest absolute Gasteiger partial charge is 0.168 e. The third kappa shape index (κ3) is 4.46. The van der Waals surface area contributed by atoms with Gasteiger partial charge in [0.2, 0.25) is 0 Å². The zero-order chi connectivity index (χ0) is 17.6. The van der Waals surface area contributed by atoms with Gasteiger partial charge in [0, 0.05) is 12.3 Å². The third-order valence-corrected chi connectivity index (χ3v) is 4.94. The van der Waals surface area contributed by atoms with E-state index in [4.69, 9.17) is 0 Å². The lowest BCUT2D eigenvalue weighted by Crippen LogP contribution is -2.07. The number of thioether (sulfide) groups is 1. The number of aliphatic hydroxyl groups is 1. The van der Waals surface area contributed by atoms with Crippen molar-refractivity contribution in [1.82, 2.24) is 9.55 Å². The van der Waals surface area contributed by atoms with Crippen LogP contribution in [0, 0.1) is 11.6 Å². The average molecular weight is 360 g/mol. The van der Waals surface area contributed by atoms with Crippen molar-refractivity contribution in [3.63, 3.8) is 0 Å². The van der Waals surface area contributed by atoms with Crippen LogP contribution in [0.5, 0.6) is 0 Å². The van der Waals surface area contributed by atoms with Crippen molar-refractivity contribution in [2.24, 2.45) is 0 Å². The Hall–Kier alpha value is -2.18. The fourth-order valence-electron chi connectivity index (χ4n) is 2.54. The van der Waals surface area contributed by atoms with Crippen LogP contribution in [0.2, 0.25) is 0 Å². The molecule has 3 aromatic rings. The summed E-state index contributed by atoms with van der Waals surface area (Å²) in [6, 6.07) is 14.0. The maximum Gasteiger partial charge on any atom is 0.168 e. The predicted octanol–water partition coefficient (Wildman–Crippen LogP) is 4.19. The number of hydrogen-bond acceptors (Lipinski definition) is 3. The standard InChI is InChI=1S/C19H18F2N2OS/c20-17-7-6-15(10-18(17)21)13-25-19-22-11-16(12-24)23(19)9-8-14-4-2-1-3-5-14/h1-7,10-11,24H,8-9,12-13H2. The molecule has 25 heavy (non-hydrogen) atoms. The van der Waals surface area contributed by atoms with E-state index in [0.29, 0.717) is 17.9 Å². The molecular weight excluding hydrogens is 342 g/mol. The highest BCUT2D eigenvalue weighted by molar-refractivity contribution is 7.98. The zero-order valence-electron chi connectivity index (χ0n) is 13.5. The van der Waals surface area contributed by atoms with Crippen LogP contribution in [-0.4, -0.2) is 14.7 Å². The van der Waals surface area contributed by atoms with Crippen LogP contribution in [0.25, 0.3) is 0 Å². The van der Waals surface area contributed by atoms with Crippen LogP contribution < -0.4 is 0 Å². The van der Waals surface area contributed by atoms with Gasteiger partial charge in [0.1, 0.15) is 0 Å². The van der Waals surface area contributed by atoms with Crippen molar-refractivity contribution in [1.29, 1.82) is 0 Å². The molecule has 0 unspecified atom stereocenters. The monoisotopic (exact) mass is 360 g/mol. The molecule has 6 heteroatoms. The minimum atomic E-state index is -0.847. The van der Waals surface area contributed by atoms with E-state index in [1.807, 2.05) is 22.8 Å². The van der Waals surface area contributed by atoms with Crippen LogP contribution >= 0.6 is 11.8 Å². The molecule has 3 nitrogen and oxygen atoms in total. The molecular formula is C19H18F2N2OS. The highest BCUT2D eigenvalue weighted by Gasteiger charge is 2.11. The van der Waals surface area contributed by atoms with Gasteiger partial charge in [-0.2, -0.15) is 0 Å². The van der Waals surface area contributed by atoms with E-state index in [2.05, 4.69) is 17.1 Å². The van der Waals surface area contributed by atoms with Crippen molar-refractivity contribution < 1.29 is 13.9 Å². The van der Waals surface area contributed by atoms with Gasteiger partial charge in [0.05, 0.1) is 18.5 Å². The Kier molecular flexibility index (Phi) is 5.83. The van der Waals surface area contributed by atoms with Gasteiger partial charge in [0.15, 0.2) is 16.8 Å². The second-order valence-electron chi connectivity index (χ2n) is 5.61. The van der Waals surface area contributed by atoms with Crippen molar-refractivity contribution in [3.05, 3.63) is 83.2 Å². The summed E-state index contributed by atoms with van der Waals surface area (Å²) in [7, 11) is 0. The lowest BCUT2D eigenvalue weighted by atomic mass is 10.1. The van der Waals surface area contributed by atoms with Gasteiger partial charge < -0.3 is 9.67 Å². The SMILES string of the molecule is OCc1cnc(SCc2ccc(F)c(F)c2)n1CCc1ccccc1. The molecule has 0 radical (unpaired) electrons. The van der Waals surface area contributed by atoms with Gasteiger partial charge in [-0.15, -0.1) is 0 Å². The Morgan fingerprint density at radius 1 is 1.00 bits per heavy atom. The van der Waals surface area contributed by atoms with E-state index in [0.717, 1.165) is 23.3 Å². The van der Waals surface area contributed by atoms with Gasteiger partial charge >= 0.3 is 0 Å². The number of aromatic nitrogens is 2. The van der Waals surface area contributed by atoms with Crippen LogP contribution in [0.3, 0.4) is 0 Å². The number of rotatable bonds is 7. The van der Waals surface area contributed by atoms with Crippen molar-refractivity contribution in [3.8, 4) is 0 Å². The largest absolute Gasteiger partial charge is 0.390 e. The molecule has 0 aliphatic heterocycles. The molecule has 1 heterocycles. The molecule has 130 valence electrons. The molecule has 0 atom stereocenters. The summed E-state index contributed by atoms with van der Waals surface area (Å²) < 4.78 is 28.3. The first kappa shape index (κ1) is 17.6. The maximum atomic E-state index is 13.3. The summed E-state index contributed by atoms with van der Waals surface area (Å²) in [6.07, 6.45) is 2.47. The predicted molar refractivity (Wildman–Crippen MR) is 94.2 cm³/mol. The third-order valence-electron chi connectivity index (χ3n) is 3.88. The van der Waals surface area contributed by atoms with Crippen LogP contribution in [-0.2, 0) is 25.3 Å². The molecule has 0 aliphatic rings. The van der Waals surface area contributed by atoms with Gasteiger partial charge in [-0.3, -0.25) is 0 Å². The summed E-state index contributed by atoms with van der Waals surface area (Å²) in [4.78, 5) is 4.35. The number of benzene rings is 2. The van der Waals surface area contributed by atoms with Crippen LogP contribution in [0.4, 0.5) is 8.78 Å². The Balaban J connectivity index is 1.70. The molecule has 0 spiro atoms. The summed E-state index contributed by atoms with van der Waals surface area (Å²) in [6.45, 7) is 0.605. The van der Waals surface area contributed by atoms with E-state index in [-0.39, 0.29) is 6.61 Å². The van der Waals surface area contributed by atoms with Crippen molar-refractivity contribution in [2.45, 2.75) is 30.5 Å². The number of hydrogen-bond donors (Lipinski definition) is 1. The molecule has 0 bridgehead atoms. The lowest BCUT2D eigenvalue weighted by molar-refractivity contribution is 0.269. The molecule has 2 aromatic carbocycles. The Morgan fingerprint density at radius 2 is 1.80 bits per heavy atom. The number of aliphatic hydroxyl groups excluding tert-OH is 1. The molecule has 1 N–H and O–H groups in total. The van der Waals surface area contributed by atoms with Crippen molar-refractivity contribution >= 4 is 11.8 Å². The Morgan fingerprint density at radius 3 is 2.52 bits per heavy atom. The highest BCUT2D eigenvalue weighted by atomic mass is 32.2. The number of imidazole rings is 1. The van der Waals surface area contributed by atoms with Gasteiger partial charge in [0.25, 0.3) is 0 Å². The highest BCUT2D eigenvalue weighted by Crippen LogP contribution is 2.24. The second kappa shape index (κ2) is 8.27. The molecule has 0 aliphatic carbocycles. The molecule has 0 fully saturated rings. The number of aryl methyl sites for hydroxylation is 1. The van der Waals surface area contributed by atoms with E-state index in [1.54, 1.807) is 12.3 Å². The number of nitrogens with zero attached hydrogens (tertiary/aromatic N) is 2. The molecule has 1 aromatic heterocycles. The topological polar surface area (TPSA) is 38.1 Å². The quantitative estimate of drug-likeness (QED) is 0.642. The first-order chi connectivity index (χ1) is 12.2. The summed E-state index contributed by atoms with van der Waals surface area (Å²) in [5, 5.41) is 10.3. The number of halogens is 2. The van der Waals surface area contributed by atoms with Crippen LogP contribution in [0.1, 0.15) is 16.8 Å². The van der Waals surface area contributed by atoms with E-state index in [1.165, 1.54) is 23.4 Å². The lowest BCUT2D eigenvalue weighted by Gasteiger charge is -2.11.